The summed E-state index contributed by atoms with van der Waals surface area (Å²) >= 11 is 5.89. The number of alkyl halides is 2. The smallest absolute Gasteiger partial charge is 0.303 e. The summed E-state index contributed by atoms with van der Waals surface area (Å²) in [5.41, 5.74) is -0.228. The standard InChI is InChI=1S/C21H20ClF4N3O6S/c1-11(30)34-9-17(31)29-10-21(25,26)19(28-36(2,32)33)14(29)8-12-4-3-5-15(18(12)24)35-20-13(22)6-7-16(23)27-20/h3-7,14,19,28H,8-10H2,1-2H3/t14-,19+/m0/s1. The Balaban J connectivity index is 1.96. The first-order valence-electron chi connectivity index (χ1n) is 10.2. The molecule has 1 fully saturated rings. The molecule has 1 N–H and O–H groups in total. The molecule has 15 heteroatoms. The molecule has 0 saturated carbocycles. The van der Waals surface area contributed by atoms with E-state index in [1.807, 2.05) is 4.72 Å². The summed E-state index contributed by atoms with van der Waals surface area (Å²) in [6.45, 7) is -1.06. The van der Waals surface area contributed by atoms with Crippen molar-refractivity contribution in [2.75, 3.05) is 19.4 Å². The van der Waals surface area contributed by atoms with Crippen LogP contribution in [-0.2, 0) is 30.8 Å². The summed E-state index contributed by atoms with van der Waals surface area (Å²) in [4.78, 5) is 27.7. The molecule has 2 atom stereocenters. The van der Waals surface area contributed by atoms with Gasteiger partial charge in [-0.05, 0) is 30.2 Å². The molecule has 1 saturated heterocycles. The van der Waals surface area contributed by atoms with Crippen LogP contribution in [0.1, 0.15) is 12.5 Å². The van der Waals surface area contributed by atoms with Gasteiger partial charge in [-0.1, -0.05) is 23.7 Å². The molecule has 1 aliphatic rings. The van der Waals surface area contributed by atoms with Crippen LogP contribution in [0.2, 0.25) is 5.02 Å². The molecule has 0 unspecified atom stereocenters. The number of hydrogen-bond donors (Lipinski definition) is 1. The lowest BCUT2D eigenvalue weighted by Gasteiger charge is -2.28. The van der Waals surface area contributed by atoms with E-state index in [1.165, 1.54) is 12.1 Å². The molecule has 0 spiro atoms. The number of pyridine rings is 1. The van der Waals surface area contributed by atoms with Gasteiger partial charge < -0.3 is 14.4 Å². The van der Waals surface area contributed by atoms with Crippen molar-refractivity contribution in [3.05, 3.63) is 52.7 Å². The Morgan fingerprint density at radius 2 is 1.94 bits per heavy atom. The van der Waals surface area contributed by atoms with Crippen LogP contribution in [0.25, 0.3) is 0 Å². The molecule has 1 aromatic heterocycles. The van der Waals surface area contributed by atoms with Crippen LogP contribution in [0.3, 0.4) is 0 Å². The fraction of sp³-hybridized carbons (Fsp3) is 0.381. The lowest BCUT2D eigenvalue weighted by atomic mass is 9.98. The second-order valence-corrected chi connectivity index (χ2v) is 10.1. The minimum Gasteiger partial charge on any atom is -0.456 e. The first-order valence-corrected chi connectivity index (χ1v) is 12.5. The summed E-state index contributed by atoms with van der Waals surface area (Å²) in [6.07, 6.45) is 0.0796. The zero-order valence-corrected chi connectivity index (χ0v) is 20.4. The number of hydrogen-bond acceptors (Lipinski definition) is 7. The summed E-state index contributed by atoms with van der Waals surface area (Å²) in [5, 5.41) is -0.128. The van der Waals surface area contributed by atoms with E-state index in [2.05, 4.69) is 9.72 Å². The van der Waals surface area contributed by atoms with Gasteiger partial charge in [0, 0.05) is 6.92 Å². The van der Waals surface area contributed by atoms with Gasteiger partial charge in [0.05, 0.1) is 18.8 Å². The number of nitrogens with zero attached hydrogens (tertiary/aromatic N) is 2. The molecule has 0 radical (unpaired) electrons. The largest absolute Gasteiger partial charge is 0.456 e. The van der Waals surface area contributed by atoms with Gasteiger partial charge in [0.15, 0.2) is 18.2 Å². The average molecular weight is 554 g/mol. The van der Waals surface area contributed by atoms with E-state index in [4.69, 9.17) is 16.3 Å². The van der Waals surface area contributed by atoms with Crippen molar-refractivity contribution in [2.24, 2.45) is 0 Å². The Morgan fingerprint density at radius 1 is 1.25 bits per heavy atom. The number of sulfonamides is 1. The number of amides is 1. The van der Waals surface area contributed by atoms with E-state index in [-0.39, 0.29) is 10.6 Å². The third kappa shape index (κ3) is 6.62. The van der Waals surface area contributed by atoms with E-state index >= 15 is 4.39 Å². The van der Waals surface area contributed by atoms with Crippen molar-refractivity contribution in [1.82, 2.24) is 14.6 Å². The predicted octanol–water partition coefficient (Wildman–Crippen LogP) is 2.68. The zero-order chi connectivity index (χ0) is 26.8. The maximum Gasteiger partial charge on any atom is 0.303 e. The Kier molecular flexibility index (Phi) is 8.10. The number of halogens is 5. The van der Waals surface area contributed by atoms with E-state index in [0.717, 1.165) is 25.1 Å². The van der Waals surface area contributed by atoms with Crippen molar-refractivity contribution in [3.8, 4) is 11.6 Å². The second kappa shape index (κ2) is 10.6. The maximum absolute atomic E-state index is 15.3. The number of aromatic nitrogens is 1. The maximum atomic E-state index is 15.3. The normalized spacial score (nSPS) is 19.2. The molecule has 3 rings (SSSR count). The number of benzene rings is 1. The number of rotatable bonds is 8. The third-order valence-corrected chi connectivity index (χ3v) is 6.11. The quantitative estimate of drug-likeness (QED) is 0.304. The highest BCUT2D eigenvalue weighted by Crippen LogP contribution is 2.37. The summed E-state index contributed by atoms with van der Waals surface area (Å²) in [7, 11) is -4.18. The van der Waals surface area contributed by atoms with Gasteiger partial charge in [-0.2, -0.15) is 9.37 Å². The van der Waals surface area contributed by atoms with Crippen molar-refractivity contribution >= 4 is 33.5 Å². The van der Waals surface area contributed by atoms with Crippen LogP contribution >= 0.6 is 11.6 Å². The van der Waals surface area contributed by atoms with Gasteiger partial charge in [0.25, 0.3) is 11.8 Å². The third-order valence-electron chi connectivity index (χ3n) is 5.14. The number of carbonyl (C=O) groups is 2. The molecule has 36 heavy (non-hydrogen) atoms. The fourth-order valence-corrected chi connectivity index (χ4v) is 4.58. The fourth-order valence-electron chi connectivity index (χ4n) is 3.64. The summed E-state index contributed by atoms with van der Waals surface area (Å²) in [5.74, 6) is -8.52. The van der Waals surface area contributed by atoms with Crippen LogP contribution in [0.15, 0.2) is 30.3 Å². The van der Waals surface area contributed by atoms with Gasteiger partial charge in [0.1, 0.15) is 11.1 Å². The molecule has 1 aliphatic heterocycles. The van der Waals surface area contributed by atoms with Crippen LogP contribution in [0, 0.1) is 11.8 Å². The molecule has 0 aliphatic carbocycles. The van der Waals surface area contributed by atoms with Crippen molar-refractivity contribution < 1.29 is 45.0 Å². The lowest BCUT2D eigenvalue weighted by Crippen LogP contribution is -2.52. The molecule has 2 aromatic rings. The van der Waals surface area contributed by atoms with Crippen LogP contribution < -0.4 is 9.46 Å². The minimum absolute atomic E-state index is 0.128. The number of ether oxygens (including phenoxy) is 2. The Morgan fingerprint density at radius 3 is 2.58 bits per heavy atom. The van der Waals surface area contributed by atoms with Crippen molar-refractivity contribution in [3.63, 3.8) is 0 Å². The van der Waals surface area contributed by atoms with Gasteiger partial charge >= 0.3 is 5.97 Å². The first kappa shape index (κ1) is 27.6. The Labute approximate surface area is 208 Å². The summed E-state index contributed by atoms with van der Waals surface area (Å²) in [6, 6.07) is 2.08. The molecule has 0 bridgehead atoms. The van der Waals surface area contributed by atoms with Crippen LogP contribution in [-0.4, -0.2) is 67.6 Å². The minimum atomic E-state index is -4.18. The van der Waals surface area contributed by atoms with Gasteiger partial charge in [0.2, 0.25) is 21.9 Å². The van der Waals surface area contributed by atoms with Gasteiger partial charge in [-0.25, -0.2) is 26.3 Å². The van der Waals surface area contributed by atoms with E-state index in [1.54, 1.807) is 0 Å². The lowest BCUT2D eigenvalue weighted by molar-refractivity contribution is -0.151. The molecule has 1 amide bonds. The molecule has 9 nitrogen and oxygen atoms in total. The topological polar surface area (TPSA) is 115 Å². The average Bonchev–Trinajstić information content (AvgIpc) is 3.00. The number of likely N-dealkylation sites (tertiary alicyclic amines) is 1. The molecular weight excluding hydrogens is 534 g/mol. The summed E-state index contributed by atoms with van der Waals surface area (Å²) < 4.78 is 93.7. The van der Waals surface area contributed by atoms with E-state index < -0.39 is 82.9 Å². The zero-order valence-electron chi connectivity index (χ0n) is 18.8. The highest BCUT2D eigenvalue weighted by Gasteiger charge is 2.57. The number of nitrogens with one attached hydrogen (secondary N) is 1. The highest BCUT2D eigenvalue weighted by atomic mass is 35.5. The predicted molar refractivity (Wildman–Crippen MR) is 118 cm³/mol. The van der Waals surface area contributed by atoms with Crippen LogP contribution in [0.4, 0.5) is 17.6 Å². The molecule has 196 valence electrons. The molecule has 2 heterocycles. The number of carbonyl (C=O) groups excluding carboxylic acids is 2. The van der Waals surface area contributed by atoms with Gasteiger partial charge in [-0.3, -0.25) is 9.59 Å². The number of esters is 1. The molecular formula is C21H20ClF4N3O6S. The van der Waals surface area contributed by atoms with E-state index in [9.17, 15) is 31.2 Å². The second-order valence-electron chi connectivity index (χ2n) is 7.95. The van der Waals surface area contributed by atoms with Gasteiger partial charge in [-0.15, -0.1) is 0 Å². The Bertz CT molecular complexity index is 1280. The monoisotopic (exact) mass is 553 g/mol. The Hall–Kier alpha value is -2.97. The highest BCUT2D eigenvalue weighted by molar-refractivity contribution is 7.88. The molecule has 1 aromatic carbocycles. The van der Waals surface area contributed by atoms with Crippen molar-refractivity contribution in [2.45, 2.75) is 31.4 Å². The van der Waals surface area contributed by atoms with E-state index in [0.29, 0.717) is 11.2 Å². The van der Waals surface area contributed by atoms with Crippen molar-refractivity contribution in [1.29, 1.82) is 0 Å². The van der Waals surface area contributed by atoms with Crippen LogP contribution in [0.5, 0.6) is 11.6 Å². The first-order chi connectivity index (χ1) is 16.7. The SMILES string of the molecule is CC(=O)OCC(=O)N1CC(F)(F)[C@H](NS(C)(=O)=O)[C@@H]1Cc1cccc(Oc2nc(F)ccc2Cl)c1F.